The third-order valence-electron chi connectivity index (χ3n) is 4.41. The molecule has 3 rings (SSSR count). The average molecular weight is 279 g/mol. The van der Waals surface area contributed by atoms with E-state index in [0.29, 0.717) is 0 Å². The van der Waals surface area contributed by atoms with E-state index in [2.05, 4.69) is 29.3 Å². The van der Waals surface area contributed by atoms with Crippen molar-refractivity contribution in [3.05, 3.63) is 28.8 Å². The maximum Gasteiger partial charge on any atom is 0.0642 e. The number of para-hydroxylation sites is 1. The van der Waals surface area contributed by atoms with Crippen molar-refractivity contribution in [2.75, 3.05) is 18.0 Å². The summed E-state index contributed by atoms with van der Waals surface area (Å²) in [5, 5.41) is 4.51. The van der Waals surface area contributed by atoms with Crippen molar-refractivity contribution in [2.24, 2.45) is 5.92 Å². The Hall–Kier alpha value is -0.730. The smallest absolute Gasteiger partial charge is 0.0642 e. The van der Waals surface area contributed by atoms with Crippen LogP contribution in [0.1, 0.15) is 38.2 Å². The molecule has 0 bridgehead atoms. The first kappa shape index (κ1) is 13.3. The highest BCUT2D eigenvalue weighted by atomic mass is 35.5. The second-order valence-electron chi connectivity index (χ2n) is 5.91. The first-order chi connectivity index (χ1) is 9.28. The van der Waals surface area contributed by atoms with Crippen LogP contribution in [0.2, 0.25) is 5.02 Å². The highest BCUT2D eigenvalue weighted by molar-refractivity contribution is 6.33. The summed E-state index contributed by atoms with van der Waals surface area (Å²) in [5.41, 5.74) is 2.63. The van der Waals surface area contributed by atoms with Crippen LogP contribution in [0.3, 0.4) is 0 Å². The molecule has 1 aliphatic carbocycles. The first-order valence-corrected chi connectivity index (χ1v) is 7.91. The Morgan fingerprint density at radius 3 is 2.84 bits per heavy atom. The summed E-state index contributed by atoms with van der Waals surface area (Å²) in [6.07, 6.45) is 5.24. The lowest BCUT2D eigenvalue weighted by Crippen LogP contribution is -2.24. The van der Waals surface area contributed by atoms with Crippen molar-refractivity contribution < 1.29 is 0 Å². The van der Waals surface area contributed by atoms with Crippen LogP contribution in [0.15, 0.2) is 18.2 Å². The van der Waals surface area contributed by atoms with Gasteiger partial charge in [0, 0.05) is 25.7 Å². The molecule has 1 unspecified atom stereocenters. The van der Waals surface area contributed by atoms with Crippen LogP contribution < -0.4 is 10.2 Å². The highest BCUT2D eigenvalue weighted by Crippen LogP contribution is 2.34. The number of anilines is 1. The Morgan fingerprint density at radius 1 is 1.32 bits per heavy atom. The summed E-state index contributed by atoms with van der Waals surface area (Å²) in [5.74, 6) is 0.834. The van der Waals surface area contributed by atoms with Gasteiger partial charge in [-0.3, -0.25) is 0 Å². The van der Waals surface area contributed by atoms with Crippen molar-refractivity contribution in [1.29, 1.82) is 0 Å². The Bertz CT molecular complexity index is 442. The van der Waals surface area contributed by atoms with Gasteiger partial charge in [-0.15, -0.1) is 0 Å². The normalized spacial score (nSPS) is 23.1. The minimum absolute atomic E-state index is 0.744. The molecule has 1 aromatic rings. The van der Waals surface area contributed by atoms with Gasteiger partial charge >= 0.3 is 0 Å². The molecule has 2 nitrogen and oxygen atoms in total. The second kappa shape index (κ2) is 5.72. The Balaban J connectivity index is 1.77. The molecular formula is C16H23ClN2. The van der Waals surface area contributed by atoms with Gasteiger partial charge < -0.3 is 10.2 Å². The number of halogens is 1. The zero-order valence-electron chi connectivity index (χ0n) is 11.7. The standard InChI is InChI=1S/C16H23ClN2/c1-2-12-8-9-19(11-12)16-13(4-3-5-15(16)17)10-18-14-6-7-14/h3-5,12,14,18H,2,6-11H2,1H3. The van der Waals surface area contributed by atoms with E-state index in [0.717, 1.165) is 36.6 Å². The fraction of sp³-hybridized carbons (Fsp3) is 0.625. The van der Waals surface area contributed by atoms with Gasteiger partial charge in [0.1, 0.15) is 0 Å². The van der Waals surface area contributed by atoms with Crippen LogP contribution in [0, 0.1) is 5.92 Å². The number of rotatable bonds is 5. The zero-order chi connectivity index (χ0) is 13.2. The Labute approximate surface area is 121 Å². The van der Waals surface area contributed by atoms with E-state index in [1.165, 1.54) is 36.9 Å². The highest BCUT2D eigenvalue weighted by Gasteiger charge is 2.25. The van der Waals surface area contributed by atoms with Crippen LogP contribution in [-0.2, 0) is 6.54 Å². The summed E-state index contributed by atoms with van der Waals surface area (Å²) in [6.45, 7) is 5.56. The minimum Gasteiger partial charge on any atom is -0.370 e. The van der Waals surface area contributed by atoms with Crippen molar-refractivity contribution in [3.8, 4) is 0 Å². The van der Waals surface area contributed by atoms with E-state index in [1.54, 1.807) is 0 Å². The molecule has 3 heteroatoms. The topological polar surface area (TPSA) is 15.3 Å². The summed E-state index contributed by atoms with van der Waals surface area (Å²) in [4.78, 5) is 2.49. The molecule has 1 aliphatic heterocycles. The molecule has 1 saturated carbocycles. The second-order valence-corrected chi connectivity index (χ2v) is 6.32. The van der Waals surface area contributed by atoms with Gasteiger partial charge in [-0.1, -0.05) is 37.1 Å². The molecule has 1 atom stereocenters. The Morgan fingerprint density at radius 2 is 2.16 bits per heavy atom. The molecule has 2 aliphatic rings. The molecule has 1 aromatic carbocycles. The number of hydrogen-bond acceptors (Lipinski definition) is 2. The Kier molecular flexibility index (Phi) is 3.99. The zero-order valence-corrected chi connectivity index (χ0v) is 12.4. The third kappa shape index (κ3) is 3.06. The molecule has 0 aromatic heterocycles. The summed E-state index contributed by atoms with van der Waals surface area (Å²) in [6, 6.07) is 7.06. The maximum absolute atomic E-state index is 6.46. The van der Waals surface area contributed by atoms with Gasteiger partial charge in [0.2, 0.25) is 0 Å². The maximum atomic E-state index is 6.46. The van der Waals surface area contributed by atoms with Crippen LogP contribution >= 0.6 is 11.6 Å². The number of nitrogens with one attached hydrogen (secondary N) is 1. The van der Waals surface area contributed by atoms with E-state index in [1.807, 2.05) is 6.07 Å². The van der Waals surface area contributed by atoms with Gasteiger partial charge in [0.25, 0.3) is 0 Å². The van der Waals surface area contributed by atoms with Crippen LogP contribution in [0.25, 0.3) is 0 Å². The quantitative estimate of drug-likeness (QED) is 0.881. The van der Waals surface area contributed by atoms with E-state index >= 15 is 0 Å². The molecule has 104 valence electrons. The van der Waals surface area contributed by atoms with Crippen molar-refractivity contribution in [3.63, 3.8) is 0 Å². The predicted octanol–water partition coefficient (Wildman–Crippen LogP) is 3.83. The number of hydrogen-bond donors (Lipinski definition) is 1. The molecule has 0 amide bonds. The van der Waals surface area contributed by atoms with Gasteiger partial charge in [-0.25, -0.2) is 0 Å². The summed E-state index contributed by atoms with van der Waals surface area (Å²) < 4.78 is 0. The number of benzene rings is 1. The van der Waals surface area contributed by atoms with Gasteiger partial charge in [0.15, 0.2) is 0 Å². The SMILES string of the molecule is CCC1CCN(c2c(Cl)cccc2CNC2CC2)C1. The van der Waals surface area contributed by atoms with E-state index in [-0.39, 0.29) is 0 Å². The molecule has 0 radical (unpaired) electrons. The lowest BCUT2D eigenvalue weighted by Gasteiger charge is -2.23. The molecule has 1 heterocycles. The largest absolute Gasteiger partial charge is 0.370 e. The van der Waals surface area contributed by atoms with Crippen LogP contribution in [0.4, 0.5) is 5.69 Å². The fourth-order valence-corrected chi connectivity index (χ4v) is 3.28. The average Bonchev–Trinajstić information content (AvgIpc) is 3.13. The first-order valence-electron chi connectivity index (χ1n) is 7.53. The van der Waals surface area contributed by atoms with Gasteiger partial charge in [0.05, 0.1) is 10.7 Å². The van der Waals surface area contributed by atoms with Gasteiger partial charge in [-0.05, 0) is 36.8 Å². The van der Waals surface area contributed by atoms with Gasteiger partial charge in [-0.2, -0.15) is 0 Å². The van der Waals surface area contributed by atoms with Crippen LogP contribution in [0.5, 0.6) is 0 Å². The summed E-state index contributed by atoms with van der Waals surface area (Å²) >= 11 is 6.46. The fourth-order valence-electron chi connectivity index (χ4n) is 2.97. The molecule has 2 fully saturated rings. The summed E-state index contributed by atoms with van der Waals surface area (Å²) in [7, 11) is 0. The minimum atomic E-state index is 0.744. The lowest BCUT2D eigenvalue weighted by molar-refractivity contribution is 0.569. The van der Waals surface area contributed by atoms with E-state index < -0.39 is 0 Å². The number of nitrogens with zero attached hydrogens (tertiary/aromatic N) is 1. The predicted molar refractivity (Wildman–Crippen MR) is 81.9 cm³/mol. The van der Waals surface area contributed by atoms with E-state index in [9.17, 15) is 0 Å². The van der Waals surface area contributed by atoms with Crippen molar-refractivity contribution >= 4 is 17.3 Å². The molecule has 1 N–H and O–H groups in total. The lowest BCUT2D eigenvalue weighted by atomic mass is 10.1. The van der Waals surface area contributed by atoms with Crippen molar-refractivity contribution in [2.45, 2.75) is 45.2 Å². The molecule has 19 heavy (non-hydrogen) atoms. The van der Waals surface area contributed by atoms with Crippen molar-refractivity contribution in [1.82, 2.24) is 5.32 Å². The van der Waals surface area contributed by atoms with E-state index in [4.69, 9.17) is 11.6 Å². The molecule has 1 saturated heterocycles. The molecular weight excluding hydrogens is 256 g/mol. The van der Waals surface area contributed by atoms with Crippen LogP contribution in [-0.4, -0.2) is 19.1 Å². The molecule has 0 spiro atoms. The monoisotopic (exact) mass is 278 g/mol. The third-order valence-corrected chi connectivity index (χ3v) is 4.71.